The Hall–Kier alpha value is -2.70. The fourth-order valence-corrected chi connectivity index (χ4v) is 5.97. The van der Waals surface area contributed by atoms with Crippen molar-refractivity contribution in [2.45, 2.75) is 38.8 Å². The molecule has 0 N–H and O–H groups in total. The van der Waals surface area contributed by atoms with Crippen LogP contribution in [0.15, 0.2) is 48.5 Å². The average Bonchev–Trinajstić information content (AvgIpc) is 2.92. The molecule has 4 aromatic rings. The molecule has 5 rings (SSSR count). The molecule has 0 spiro atoms. The number of aromatic nitrogens is 2. The molecule has 3 aromatic carbocycles. The molecule has 2 atom stereocenters. The first-order valence-corrected chi connectivity index (χ1v) is 15.7. The number of carbonyl (C=O) groups is 1. The van der Waals surface area contributed by atoms with Gasteiger partial charge in [-0.3, -0.25) is 0 Å². The predicted molar refractivity (Wildman–Crippen MR) is 179 cm³/mol. The van der Waals surface area contributed by atoms with Gasteiger partial charge in [0, 0.05) is 6.54 Å². The molecule has 1 unspecified atom stereocenters. The van der Waals surface area contributed by atoms with E-state index in [4.69, 9.17) is 16.3 Å². The number of ether oxygens (including phenoxy) is 1. The number of rotatable bonds is 3. The zero-order valence-corrected chi connectivity index (χ0v) is 31.6. The van der Waals surface area contributed by atoms with Crippen molar-refractivity contribution in [3.8, 4) is 26.6 Å². The monoisotopic (exact) mass is 826 g/mol. The standard InChI is InChI=1S/C31H26ClFN5O2.H3P.H2S.Tl/c1-5-19-8-6-9-20-10-7-11-22(25(19)20)23-12-13-24-27(26(23)33)35-29(32)36-28(24)37-16-17-38(21(18-37)14-15-34)30(39)40-31(2,3)4;;;/h6-13,21H,14,16-18H2,2-4H3;1H3;1H2;/p-1/t21-;;;/m0.../s1. The fourth-order valence-electron chi connectivity index (χ4n) is 5.20. The second kappa shape index (κ2) is 14.4. The third kappa shape index (κ3) is 7.34. The maximum atomic E-state index is 16.3. The minimum Gasteiger partial charge on any atom is -0.813 e. The van der Waals surface area contributed by atoms with E-state index in [1.54, 1.807) is 37.8 Å². The molecule has 1 saturated heterocycles. The van der Waals surface area contributed by atoms with E-state index in [2.05, 4.69) is 25.4 Å². The van der Waals surface area contributed by atoms with Crippen LogP contribution in [0.5, 0.6) is 0 Å². The molecule has 43 heavy (non-hydrogen) atoms. The second-order valence-corrected chi connectivity index (χ2v) is 12.2. The molecule has 0 saturated carbocycles. The number of hydrogen-bond acceptors (Lipinski definition) is 7. The molecule has 1 fully saturated rings. The van der Waals surface area contributed by atoms with Gasteiger partial charge in [0.25, 0.3) is 0 Å². The molecule has 0 radical (unpaired) electrons. The predicted octanol–water partition coefficient (Wildman–Crippen LogP) is 5.85. The molecule has 1 amide bonds. The summed E-state index contributed by atoms with van der Waals surface area (Å²) in [6.45, 7) is 6.43. The van der Waals surface area contributed by atoms with E-state index >= 15 is 4.39 Å². The van der Waals surface area contributed by atoms with Crippen LogP contribution in [-0.4, -0.2) is 78.0 Å². The summed E-state index contributed by atoms with van der Waals surface area (Å²) in [6, 6.07) is 16.9. The van der Waals surface area contributed by atoms with Crippen LogP contribution < -0.4 is 4.90 Å². The molecule has 0 bridgehead atoms. The van der Waals surface area contributed by atoms with Gasteiger partial charge in [-0.05, 0) is 20.8 Å². The van der Waals surface area contributed by atoms with E-state index in [1.165, 1.54) is 0 Å². The molecule has 1 aliphatic heterocycles. The van der Waals surface area contributed by atoms with Gasteiger partial charge >= 0.3 is 189 Å². The summed E-state index contributed by atoms with van der Waals surface area (Å²) in [5, 5.41) is 11.7. The van der Waals surface area contributed by atoms with Crippen LogP contribution in [0.25, 0.3) is 32.8 Å². The number of benzene rings is 3. The Kier molecular flexibility index (Phi) is 11.6. The van der Waals surface area contributed by atoms with Crippen molar-refractivity contribution in [3.63, 3.8) is 0 Å². The van der Waals surface area contributed by atoms with Crippen LogP contribution in [0.3, 0.4) is 0 Å². The number of carbonyl (C=O) groups excluding carboxylic acids is 1. The topological polar surface area (TPSA) is 82.3 Å². The van der Waals surface area contributed by atoms with Crippen LogP contribution in [-0.2, 0) is 18.2 Å². The molecule has 1 aliphatic rings. The minimum atomic E-state index is -0.660. The zero-order chi connectivity index (χ0) is 29.3. The number of nitrogens with zero attached hydrogens (tertiary/aromatic N) is 5. The van der Waals surface area contributed by atoms with Crippen molar-refractivity contribution in [2.24, 2.45) is 0 Å². The molecule has 220 valence electrons. The Labute approximate surface area is 281 Å². The summed E-state index contributed by atoms with van der Waals surface area (Å²) in [4.78, 5) is 25.1. The number of amides is 1. The van der Waals surface area contributed by atoms with E-state index in [9.17, 15) is 10.1 Å². The number of anilines is 1. The average molecular weight is 826 g/mol. The van der Waals surface area contributed by atoms with Crippen LogP contribution in [0.1, 0.15) is 32.8 Å². The summed E-state index contributed by atoms with van der Waals surface area (Å²) in [5.41, 5.74) is 1.42. The third-order valence-electron chi connectivity index (χ3n) is 6.90. The van der Waals surface area contributed by atoms with Crippen molar-refractivity contribution >= 4 is 94.3 Å². The number of fused-ring (bicyclic) bond motifs is 2. The van der Waals surface area contributed by atoms with Gasteiger partial charge in [-0.1, -0.05) is 0 Å². The molecular weight excluding hydrogens is 796 g/mol. The van der Waals surface area contributed by atoms with E-state index in [0.29, 0.717) is 62.2 Å². The van der Waals surface area contributed by atoms with E-state index < -0.39 is 23.6 Å². The van der Waals surface area contributed by atoms with E-state index in [1.807, 2.05) is 41.3 Å². The van der Waals surface area contributed by atoms with Crippen molar-refractivity contribution in [1.29, 1.82) is 5.26 Å². The Morgan fingerprint density at radius 1 is 1.14 bits per heavy atom. The van der Waals surface area contributed by atoms with Crippen LogP contribution in [0.2, 0.25) is 5.28 Å². The van der Waals surface area contributed by atoms with E-state index in [0.717, 1.165) is 21.9 Å². The van der Waals surface area contributed by atoms with Gasteiger partial charge in [0.2, 0.25) is 0 Å². The maximum absolute atomic E-state index is 16.3. The number of piperazine rings is 1. The third-order valence-corrected chi connectivity index (χ3v) is 7.63. The summed E-state index contributed by atoms with van der Waals surface area (Å²) < 4.78 is 25.0. The van der Waals surface area contributed by atoms with Gasteiger partial charge in [0.1, 0.15) is 5.60 Å². The molecule has 12 heteroatoms. The van der Waals surface area contributed by atoms with Crippen molar-refractivity contribution < 1.29 is 13.9 Å². The van der Waals surface area contributed by atoms with Crippen LogP contribution >= 0.6 is 21.5 Å². The van der Waals surface area contributed by atoms with Crippen molar-refractivity contribution in [1.82, 2.24) is 14.9 Å². The second-order valence-electron chi connectivity index (χ2n) is 10.8. The molecule has 7 nitrogen and oxygen atoms in total. The Morgan fingerprint density at radius 3 is 2.53 bits per heavy atom. The van der Waals surface area contributed by atoms with Crippen molar-refractivity contribution in [3.05, 3.63) is 65.2 Å². The molecule has 2 heterocycles. The normalized spacial score (nSPS) is 14.6. The molecular formula is C31H30ClFN5O2PSTl-. The number of hydrogen-bond donors (Lipinski definition) is 0. The quantitative estimate of drug-likeness (QED) is 0.0641. The van der Waals surface area contributed by atoms with Gasteiger partial charge in [-0.25, -0.2) is 4.79 Å². The Bertz CT molecular complexity index is 1780. The van der Waals surface area contributed by atoms with Gasteiger partial charge in [-0.2, -0.15) is 15.2 Å². The number of halogens is 2. The van der Waals surface area contributed by atoms with Crippen molar-refractivity contribution in [2.75, 3.05) is 24.5 Å². The Balaban J connectivity index is 0.00000253. The van der Waals surface area contributed by atoms with Gasteiger partial charge in [0.05, 0.1) is 18.5 Å². The molecule has 0 aliphatic carbocycles. The van der Waals surface area contributed by atoms with E-state index in [-0.39, 0.29) is 40.6 Å². The first-order valence-electron chi connectivity index (χ1n) is 13.1. The summed E-state index contributed by atoms with van der Waals surface area (Å²) in [7, 11) is 0. The van der Waals surface area contributed by atoms with Gasteiger partial charge in [0.15, 0.2) is 0 Å². The fraction of sp³-hybridized carbons (Fsp3) is 0.290. The molecule has 1 aromatic heterocycles. The van der Waals surface area contributed by atoms with Gasteiger partial charge in [-0.15, -0.1) is 0 Å². The number of thiol groups is 1. The first-order chi connectivity index (χ1) is 19.6. The smallest absolute Gasteiger partial charge is 0.813 e. The van der Waals surface area contributed by atoms with Crippen LogP contribution in [0, 0.1) is 26.5 Å². The van der Waals surface area contributed by atoms with Crippen LogP contribution in [0.4, 0.5) is 15.0 Å². The summed E-state index contributed by atoms with van der Waals surface area (Å²) >= 11 is 6.88. The van der Waals surface area contributed by atoms with Gasteiger partial charge < -0.3 is 23.1 Å². The zero-order valence-electron chi connectivity index (χ0n) is 24.1. The summed E-state index contributed by atoms with van der Waals surface area (Å²) in [6.07, 6.45) is -0.360. The first kappa shape index (κ1) is 34.8. The summed E-state index contributed by atoms with van der Waals surface area (Å²) in [5.74, 6) is 3.16. The Morgan fingerprint density at radius 2 is 1.86 bits per heavy atom. The minimum absolute atomic E-state index is 0. The number of nitriles is 1. The SMILES string of the molecule is CC(C)(C)OC(=O)N1CCN(c2nc(Cl)nc3c(F)c(-c4cccc5cccc(C#[C][Tl])c45)ccc23)C[C@@H]1CC#N.P.[SH-].